The molecule has 8 heteroatoms. The zero-order valence-corrected chi connectivity index (χ0v) is 8.53. The minimum absolute atomic E-state index is 0.190. The van der Waals surface area contributed by atoms with Crippen molar-refractivity contribution in [2.75, 3.05) is 0 Å². The Kier molecular flexibility index (Phi) is 3.70. The van der Waals surface area contributed by atoms with Gasteiger partial charge in [-0.1, -0.05) is 6.07 Å². The third-order valence-electron chi connectivity index (χ3n) is 2.04. The molecule has 0 unspecified atom stereocenters. The molecule has 0 radical (unpaired) electrons. The van der Waals surface area contributed by atoms with Crippen LogP contribution in [0.2, 0.25) is 0 Å². The van der Waals surface area contributed by atoms with Crippen LogP contribution in [0.15, 0.2) is 18.2 Å². The van der Waals surface area contributed by atoms with Crippen LogP contribution >= 0.6 is 0 Å². The van der Waals surface area contributed by atoms with Crippen LogP contribution < -0.4 is 5.43 Å². The highest BCUT2D eigenvalue weighted by Crippen LogP contribution is 2.25. The zero-order chi connectivity index (χ0) is 13.0. The summed E-state index contributed by atoms with van der Waals surface area (Å²) in [5.74, 6) is -2.13. The van der Waals surface area contributed by atoms with Crippen LogP contribution in [0.25, 0.3) is 0 Å². The van der Waals surface area contributed by atoms with Gasteiger partial charge in [0.25, 0.3) is 0 Å². The molecule has 0 saturated carbocycles. The molecule has 4 N–H and O–H groups in total. The molecule has 17 heavy (non-hydrogen) atoms. The molecule has 1 rings (SSSR count). The van der Waals surface area contributed by atoms with Crippen LogP contribution in [0.1, 0.15) is 5.56 Å². The molecule has 1 aromatic rings. The van der Waals surface area contributed by atoms with Crippen molar-refractivity contribution in [1.82, 2.24) is 5.43 Å². The number of nitrogens with one attached hydrogen (secondary N) is 1. The number of hydrogen-bond acceptors (Lipinski definition) is 5. The molecule has 0 amide bonds. The Labute approximate surface area is 95.2 Å². The quantitative estimate of drug-likeness (QED) is 0.321. The smallest absolute Gasteiger partial charge is 0.332 e. The summed E-state index contributed by atoms with van der Waals surface area (Å²) in [6.45, 7) is 0. The van der Waals surface area contributed by atoms with Crippen molar-refractivity contribution in [3.05, 3.63) is 33.9 Å². The fourth-order valence-corrected chi connectivity index (χ4v) is 1.25. The first-order chi connectivity index (χ1) is 7.90. The highest BCUT2D eigenvalue weighted by atomic mass is 16.7. The maximum atomic E-state index is 10.7. The molecule has 0 bridgehead atoms. The second kappa shape index (κ2) is 5.01. The molecule has 1 aromatic carbocycles. The molecule has 0 spiro atoms. The molecule has 8 nitrogen and oxygen atoms in total. The number of carbonyl (C=O) groups is 1. The first-order valence-corrected chi connectivity index (χ1v) is 4.54. The maximum Gasteiger partial charge on any atom is 0.332 e. The molecule has 0 heterocycles. The van der Waals surface area contributed by atoms with Crippen LogP contribution in [0.4, 0.5) is 0 Å². The van der Waals surface area contributed by atoms with Crippen LogP contribution in [0.5, 0.6) is 11.5 Å². The van der Waals surface area contributed by atoms with Crippen molar-refractivity contribution >= 4 is 5.97 Å². The number of hydrogen-bond donors (Lipinski definition) is 4. The summed E-state index contributed by atoms with van der Waals surface area (Å²) < 4.78 is 0. The number of aliphatic carboxylic acids is 1. The predicted octanol–water partition coefficient (Wildman–Crippen LogP) is -0.125. The fraction of sp³-hybridized carbons (Fsp3) is 0.222. The summed E-state index contributed by atoms with van der Waals surface area (Å²) in [7, 11) is 0. The van der Waals surface area contributed by atoms with Gasteiger partial charge < -0.3 is 15.3 Å². The zero-order valence-electron chi connectivity index (χ0n) is 8.53. The normalized spacial score (nSPS) is 11.8. The Balaban J connectivity index is 2.82. The second-order valence-corrected chi connectivity index (χ2v) is 3.30. The van der Waals surface area contributed by atoms with Gasteiger partial charge in [0.15, 0.2) is 22.6 Å². The lowest BCUT2D eigenvalue weighted by Gasteiger charge is -2.09. The first-order valence-electron chi connectivity index (χ1n) is 4.54. The Hall–Kier alpha value is -2.51. The highest BCUT2D eigenvalue weighted by molar-refractivity contribution is 5.73. The number of rotatable bonds is 5. The summed E-state index contributed by atoms with van der Waals surface area (Å²) in [6, 6.07) is 2.28. The second-order valence-electron chi connectivity index (χ2n) is 3.30. The number of carboxylic acids is 1. The summed E-state index contributed by atoms with van der Waals surface area (Å²) in [5, 5.41) is 36.2. The van der Waals surface area contributed by atoms with E-state index in [2.05, 4.69) is 0 Å². The van der Waals surface area contributed by atoms with E-state index in [9.17, 15) is 20.0 Å². The van der Waals surface area contributed by atoms with Gasteiger partial charge in [-0.2, -0.15) is 0 Å². The van der Waals surface area contributed by atoms with Gasteiger partial charge >= 0.3 is 5.97 Å². The number of hydrazine groups is 1. The fourth-order valence-electron chi connectivity index (χ4n) is 1.25. The van der Waals surface area contributed by atoms with Gasteiger partial charge in [-0.15, -0.1) is 5.43 Å². The number of nitro groups is 1. The summed E-state index contributed by atoms with van der Waals surface area (Å²) in [6.07, 6.45) is -0.190. The molecule has 0 aromatic heterocycles. The Bertz CT molecular complexity index is 447. The Morgan fingerprint density at radius 3 is 2.53 bits per heavy atom. The number of carboxylic acid groups (broad SMARTS) is 1. The number of phenols is 2. The number of phenolic OH excluding ortho intramolecular Hbond substituents is 2. The molecule has 0 aliphatic rings. The molecule has 0 fully saturated rings. The molecule has 0 aliphatic heterocycles. The van der Waals surface area contributed by atoms with E-state index in [1.807, 2.05) is 0 Å². The van der Waals surface area contributed by atoms with Crippen LogP contribution in [0.3, 0.4) is 0 Å². The van der Waals surface area contributed by atoms with Crippen molar-refractivity contribution in [3.63, 3.8) is 0 Å². The lowest BCUT2D eigenvalue weighted by molar-refractivity contribution is -0.548. The van der Waals surface area contributed by atoms with Crippen LogP contribution in [0, 0.1) is 10.1 Å². The van der Waals surface area contributed by atoms with Gasteiger partial charge in [-0.05, 0) is 17.7 Å². The van der Waals surface area contributed by atoms with Crippen molar-refractivity contribution in [1.29, 1.82) is 0 Å². The van der Waals surface area contributed by atoms with Gasteiger partial charge in [-0.3, -0.25) is 0 Å². The van der Waals surface area contributed by atoms with Gasteiger partial charge in [0.05, 0.1) is 0 Å². The maximum absolute atomic E-state index is 10.7. The standard InChI is InChI=1S/C9H10N2O6/c12-7-2-1-5(4-8(7)13)3-6(9(14)15)10-11(16)17/h1-2,4,6,10,12-13H,3H2,(H,14,15)/t6-/m0/s1. The van der Waals surface area contributed by atoms with E-state index in [4.69, 9.17) is 10.2 Å². The largest absolute Gasteiger partial charge is 0.504 e. The first kappa shape index (κ1) is 12.6. The summed E-state index contributed by atoms with van der Waals surface area (Å²) in [5.41, 5.74) is 1.99. The monoisotopic (exact) mass is 242 g/mol. The predicted molar refractivity (Wildman–Crippen MR) is 55.0 cm³/mol. The highest BCUT2D eigenvalue weighted by Gasteiger charge is 2.22. The third-order valence-corrected chi connectivity index (χ3v) is 2.04. The number of aromatic hydroxyl groups is 2. The van der Waals surface area contributed by atoms with Crippen molar-refractivity contribution in [2.45, 2.75) is 12.5 Å². The van der Waals surface area contributed by atoms with Crippen molar-refractivity contribution in [2.24, 2.45) is 0 Å². The van der Waals surface area contributed by atoms with Crippen LogP contribution in [-0.2, 0) is 11.2 Å². The van der Waals surface area contributed by atoms with E-state index in [0.717, 1.165) is 6.07 Å². The van der Waals surface area contributed by atoms with E-state index >= 15 is 0 Å². The minimum Gasteiger partial charge on any atom is -0.504 e. The van der Waals surface area contributed by atoms with E-state index in [1.165, 1.54) is 12.1 Å². The van der Waals surface area contributed by atoms with E-state index < -0.39 is 22.8 Å². The Morgan fingerprint density at radius 2 is 2.06 bits per heavy atom. The minimum atomic E-state index is -1.41. The van der Waals surface area contributed by atoms with Crippen LogP contribution in [-0.4, -0.2) is 32.4 Å². The van der Waals surface area contributed by atoms with Gasteiger partial charge in [0.1, 0.15) is 0 Å². The third kappa shape index (κ3) is 3.52. The topological polar surface area (TPSA) is 133 Å². The van der Waals surface area contributed by atoms with Crippen molar-refractivity contribution < 1.29 is 25.1 Å². The molecular formula is C9H10N2O6. The van der Waals surface area contributed by atoms with Gasteiger partial charge in [-0.25, -0.2) is 14.9 Å². The SMILES string of the molecule is O=C(O)[C@H](Cc1ccc(O)c(O)c1)N[N+](=O)[O-]. The molecular weight excluding hydrogens is 232 g/mol. The molecule has 1 atom stereocenters. The van der Waals surface area contributed by atoms with Gasteiger partial charge in [0, 0.05) is 6.42 Å². The van der Waals surface area contributed by atoms with Crippen molar-refractivity contribution in [3.8, 4) is 11.5 Å². The molecule has 0 aliphatic carbocycles. The van der Waals surface area contributed by atoms with E-state index in [1.54, 1.807) is 5.43 Å². The van der Waals surface area contributed by atoms with E-state index in [0.29, 0.717) is 5.56 Å². The molecule has 92 valence electrons. The lowest BCUT2D eigenvalue weighted by Crippen LogP contribution is -2.41. The van der Waals surface area contributed by atoms with E-state index in [-0.39, 0.29) is 12.2 Å². The summed E-state index contributed by atoms with van der Waals surface area (Å²) >= 11 is 0. The number of nitrogens with zero attached hydrogens (tertiary/aromatic N) is 1. The molecule has 0 saturated heterocycles. The number of benzene rings is 1. The summed E-state index contributed by atoms with van der Waals surface area (Å²) in [4.78, 5) is 20.9. The lowest BCUT2D eigenvalue weighted by atomic mass is 10.1. The average molecular weight is 242 g/mol. The average Bonchev–Trinajstić information content (AvgIpc) is 2.21. The Morgan fingerprint density at radius 1 is 1.41 bits per heavy atom. The van der Waals surface area contributed by atoms with Gasteiger partial charge in [0.2, 0.25) is 0 Å².